The maximum absolute atomic E-state index is 12.3. The molecule has 3 aromatic rings. The largest absolute Gasteiger partial charge is 0.464 e. The van der Waals surface area contributed by atoms with Gasteiger partial charge in [-0.2, -0.15) is 0 Å². The summed E-state index contributed by atoms with van der Waals surface area (Å²) in [6, 6.07) is 7.17. The lowest BCUT2D eigenvalue weighted by molar-refractivity contribution is 0.185. The fourth-order valence-corrected chi connectivity index (χ4v) is 4.63. The van der Waals surface area contributed by atoms with Crippen LogP contribution >= 0.6 is 11.3 Å². The Morgan fingerprint density at radius 1 is 1.33 bits per heavy atom. The van der Waals surface area contributed by atoms with E-state index in [9.17, 15) is 13.5 Å². The summed E-state index contributed by atoms with van der Waals surface area (Å²) in [5, 5.41) is 13.9. The number of aromatic nitrogens is 1. The third-order valence-electron chi connectivity index (χ3n) is 3.42. The highest BCUT2D eigenvalue weighted by Gasteiger charge is 2.25. The molecule has 3 heterocycles. The minimum absolute atomic E-state index is 0.0113. The van der Waals surface area contributed by atoms with E-state index in [1.165, 1.54) is 18.3 Å². The molecule has 9 heteroatoms. The van der Waals surface area contributed by atoms with E-state index in [2.05, 4.69) is 9.88 Å². The van der Waals surface area contributed by atoms with Gasteiger partial charge in [-0.15, -0.1) is 11.3 Å². The van der Waals surface area contributed by atoms with E-state index in [0.29, 0.717) is 10.6 Å². The summed E-state index contributed by atoms with van der Waals surface area (Å²) < 4.78 is 37.2. The second-order valence-electron chi connectivity index (χ2n) is 5.20. The number of aliphatic hydroxyl groups excluding tert-OH is 1. The average molecular weight is 368 g/mol. The molecule has 0 aromatic carbocycles. The molecule has 2 N–H and O–H groups in total. The molecule has 0 bridgehead atoms. The molecule has 0 saturated heterocycles. The summed E-state index contributed by atoms with van der Waals surface area (Å²) in [5.41, 5.74) is 0.283. The molecule has 0 aliphatic rings. The van der Waals surface area contributed by atoms with Gasteiger partial charge in [-0.25, -0.2) is 13.1 Å². The van der Waals surface area contributed by atoms with E-state index in [1.54, 1.807) is 25.3 Å². The monoisotopic (exact) mass is 368 g/mol. The fraction of sp³-hybridized carbons (Fsp3) is 0.267. The molecule has 3 rings (SSSR count). The zero-order chi connectivity index (χ0) is 17.3. The molecule has 0 fully saturated rings. The van der Waals surface area contributed by atoms with Crippen molar-refractivity contribution in [3.63, 3.8) is 0 Å². The Morgan fingerprint density at radius 3 is 2.75 bits per heavy atom. The Labute approximate surface area is 143 Å². The van der Waals surface area contributed by atoms with Crippen molar-refractivity contribution in [2.75, 3.05) is 6.54 Å². The lowest BCUT2D eigenvalue weighted by Crippen LogP contribution is -2.29. The molecule has 0 radical (unpaired) electrons. The molecule has 0 amide bonds. The standard InChI is InChI=1S/C15H16N2O5S2/c1-9-15(10(2)22-17-9)24(19,20)16-8-11(18)13-5-6-14(23-13)12-4-3-7-21-12/h3-7,11,16,18H,8H2,1-2H3. The first kappa shape index (κ1) is 16.9. The SMILES string of the molecule is Cc1noc(C)c1S(=O)(=O)NCC(O)c1ccc(-c2ccco2)s1. The lowest BCUT2D eigenvalue weighted by atomic mass is 10.3. The average Bonchev–Trinajstić information content (AvgIpc) is 3.24. The fourth-order valence-electron chi connectivity index (χ4n) is 2.30. The van der Waals surface area contributed by atoms with Crippen molar-refractivity contribution in [1.29, 1.82) is 0 Å². The van der Waals surface area contributed by atoms with Gasteiger partial charge < -0.3 is 14.0 Å². The molecule has 0 aliphatic carbocycles. The van der Waals surface area contributed by atoms with E-state index >= 15 is 0 Å². The van der Waals surface area contributed by atoms with Crippen LogP contribution in [0.1, 0.15) is 22.4 Å². The Morgan fingerprint density at radius 2 is 2.12 bits per heavy atom. The predicted octanol–water partition coefficient (Wildman–Crippen LogP) is 2.62. The molecule has 0 saturated carbocycles. The van der Waals surface area contributed by atoms with Crippen LogP contribution in [-0.4, -0.2) is 25.2 Å². The molecule has 0 aliphatic heterocycles. The van der Waals surface area contributed by atoms with Gasteiger partial charge in [0.1, 0.15) is 22.5 Å². The van der Waals surface area contributed by atoms with E-state index in [4.69, 9.17) is 8.94 Å². The van der Waals surface area contributed by atoms with Gasteiger partial charge in [0.25, 0.3) is 0 Å². The van der Waals surface area contributed by atoms with Crippen LogP contribution in [0.5, 0.6) is 0 Å². The van der Waals surface area contributed by atoms with Gasteiger partial charge in [-0.1, -0.05) is 5.16 Å². The van der Waals surface area contributed by atoms with Gasteiger partial charge in [0.05, 0.1) is 11.1 Å². The van der Waals surface area contributed by atoms with Crippen molar-refractivity contribution in [2.45, 2.75) is 24.8 Å². The van der Waals surface area contributed by atoms with Gasteiger partial charge in [0, 0.05) is 11.4 Å². The maximum Gasteiger partial charge on any atom is 0.246 e. The zero-order valence-corrected chi connectivity index (χ0v) is 14.6. The summed E-state index contributed by atoms with van der Waals surface area (Å²) in [6.07, 6.45) is 0.608. The quantitative estimate of drug-likeness (QED) is 0.693. The number of aliphatic hydroxyl groups is 1. The van der Waals surface area contributed by atoms with Gasteiger partial charge >= 0.3 is 0 Å². The number of aryl methyl sites for hydroxylation is 2. The number of furan rings is 1. The summed E-state index contributed by atoms with van der Waals surface area (Å²) in [7, 11) is -3.80. The minimum Gasteiger partial charge on any atom is -0.464 e. The van der Waals surface area contributed by atoms with Crippen LogP contribution < -0.4 is 4.72 Å². The highest BCUT2D eigenvalue weighted by Crippen LogP contribution is 2.31. The molecule has 3 aromatic heterocycles. The zero-order valence-electron chi connectivity index (χ0n) is 13.0. The van der Waals surface area contributed by atoms with Crippen molar-refractivity contribution < 1.29 is 22.5 Å². The smallest absolute Gasteiger partial charge is 0.246 e. The molecule has 1 atom stereocenters. The number of rotatable bonds is 6. The highest BCUT2D eigenvalue weighted by atomic mass is 32.2. The van der Waals surface area contributed by atoms with Crippen LogP contribution in [-0.2, 0) is 10.0 Å². The van der Waals surface area contributed by atoms with E-state index in [-0.39, 0.29) is 22.9 Å². The Hall–Kier alpha value is -1.94. The molecule has 0 spiro atoms. The number of thiophene rings is 1. The van der Waals surface area contributed by atoms with Crippen molar-refractivity contribution in [3.8, 4) is 10.6 Å². The Kier molecular flexibility index (Phi) is 4.59. The third-order valence-corrected chi connectivity index (χ3v) is 6.29. The number of hydrogen-bond acceptors (Lipinski definition) is 7. The van der Waals surface area contributed by atoms with Gasteiger partial charge in [0.2, 0.25) is 10.0 Å². The van der Waals surface area contributed by atoms with Crippen LogP contribution in [0.2, 0.25) is 0 Å². The van der Waals surface area contributed by atoms with Crippen LogP contribution in [0.15, 0.2) is 44.4 Å². The summed E-state index contributed by atoms with van der Waals surface area (Å²) in [5.74, 6) is 0.917. The first-order chi connectivity index (χ1) is 11.4. The second kappa shape index (κ2) is 6.52. The Bertz CT molecular complexity index is 906. The molecule has 24 heavy (non-hydrogen) atoms. The van der Waals surface area contributed by atoms with Crippen LogP contribution in [0, 0.1) is 13.8 Å². The minimum atomic E-state index is -3.80. The van der Waals surface area contributed by atoms with Gasteiger partial charge in [-0.05, 0) is 38.1 Å². The normalized spacial score (nSPS) is 13.3. The predicted molar refractivity (Wildman–Crippen MR) is 88.1 cm³/mol. The van der Waals surface area contributed by atoms with Crippen LogP contribution in [0.3, 0.4) is 0 Å². The van der Waals surface area contributed by atoms with Gasteiger partial charge in [0.15, 0.2) is 5.76 Å². The topological polar surface area (TPSA) is 106 Å². The van der Waals surface area contributed by atoms with Crippen LogP contribution in [0.25, 0.3) is 10.6 Å². The van der Waals surface area contributed by atoms with Gasteiger partial charge in [-0.3, -0.25) is 0 Å². The molecular weight excluding hydrogens is 352 g/mol. The summed E-state index contributed by atoms with van der Waals surface area (Å²) >= 11 is 1.34. The van der Waals surface area contributed by atoms with Crippen molar-refractivity contribution in [2.24, 2.45) is 0 Å². The van der Waals surface area contributed by atoms with Crippen LogP contribution in [0.4, 0.5) is 0 Å². The lowest BCUT2D eigenvalue weighted by Gasteiger charge is -2.10. The third kappa shape index (κ3) is 3.29. The number of nitrogens with one attached hydrogen (secondary N) is 1. The first-order valence-electron chi connectivity index (χ1n) is 7.12. The number of nitrogens with zero attached hydrogens (tertiary/aromatic N) is 1. The van der Waals surface area contributed by atoms with Crippen molar-refractivity contribution in [1.82, 2.24) is 9.88 Å². The molecule has 128 valence electrons. The van der Waals surface area contributed by atoms with Crippen molar-refractivity contribution in [3.05, 3.63) is 46.9 Å². The maximum atomic E-state index is 12.3. The number of hydrogen-bond donors (Lipinski definition) is 2. The first-order valence-corrected chi connectivity index (χ1v) is 9.42. The van der Waals surface area contributed by atoms with E-state index in [1.807, 2.05) is 12.1 Å². The molecule has 1 unspecified atom stereocenters. The van der Waals surface area contributed by atoms with Crippen molar-refractivity contribution >= 4 is 21.4 Å². The molecular formula is C15H16N2O5S2. The summed E-state index contributed by atoms with van der Waals surface area (Å²) in [6.45, 7) is 2.93. The van der Waals surface area contributed by atoms with E-state index < -0.39 is 16.1 Å². The highest BCUT2D eigenvalue weighted by molar-refractivity contribution is 7.89. The summed E-state index contributed by atoms with van der Waals surface area (Å²) in [4.78, 5) is 1.52. The second-order valence-corrected chi connectivity index (χ2v) is 8.02. The van der Waals surface area contributed by atoms with E-state index in [0.717, 1.165) is 4.88 Å². The number of sulfonamides is 1. The molecule has 7 nitrogen and oxygen atoms in total. The Balaban J connectivity index is 1.71.